The summed E-state index contributed by atoms with van der Waals surface area (Å²) in [4.78, 5) is 0. The Hall–Kier alpha value is -3.73. The summed E-state index contributed by atoms with van der Waals surface area (Å²) >= 11 is 0. The number of ether oxygens (including phenoxy) is 2. The van der Waals surface area contributed by atoms with Gasteiger partial charge in [-0.1, -0.05) is 47.5 Å². The van der Waals surface area contributed by atoms with E-state index in [1.807, 2.05) is 19.1 Å². The number of aryl methyl sites for hydroxylation is 4. The van der Waals surface area contributed by atoms with Crippen molar-refractivity contribution < 1.29 is 9.47 Å². The van der Waals surface area contributed by atoms with E-state index in [1.54, 1.807) is 7.11 Å². The molecule has 5 rings (SSSR count). The molecule has 0 bridgehead atoms. The molecule has 33 heavy (non-hydrogen) atoms. The van der Waals surface area contributed by atoms with Gasteiger partial charge in [-0.25, -0.2) is 4.68 Å². The predicted molar refractivity (Wildman–Crippen MR) is 132 cm³/mol. The Morgan fingerprint density at radius 3 is 2.42 bits per heavy atom. The molecule has 0 fully saturated rings. The van der Waals surface area contributed by atoms with Crippen LogP contribution >= 0.6 is 0 Å². The van der Waals surface area contributed by atoms with E-state index in [0.717, 1.165) is 34.0 Å². The number of fused-ring (bicyclic) bond motifs is 3. The number of aromatic nitrogens is 2. The Morgan fingerprint density at radius 2 is 1.67 bits per heavy atom. The molecule has 0 amide bonds. The van der Waals surface area contributed by atoms with Gasteiger partial charge in [-0.05, 0) is 63.1 Å². The highest BCUT2D eigenvalue weighted by Gasteiger charge is 2.28. The van der Waals surface area contributed by atoms with Gasteiger partial charge in [-0.3, -0.25) is 0 Å². The molecule has 5 heteroatoms. The molecule has 1 N–H and O–H groups in total. The molecule has 1 atom stereocenters. The minimum absolute atomic E-state index is 0.136. The van der Waals surface area contributed by atoms with Gasteiger partial charge < -0.3 is 14.8 Å². The maximum absolute atomic E-state index is 6.09. The number of nitrogens with one attached hydrogen (secondary N) is 1. The minimum Gasteiger partial charge on any atom is -0.493 e. The summed E-state index contributed by atoms with van der Waals surface area (Å²) in [7, 11) is 1.68. The van der Waals surface area contributed by atoms with Crippen molar-refractivity contribution in [1.82, 2.24) is 9.78 Å². The standard InChI is InChI=1S/C28H29N3O2/c1-17-6-8-21(9-7-17)16-33-25-11-10-22(15-26(25)32-5)28-29-27-19(3)12-18(2)13-23(27)24-14-20(4)30-31(24)28/h6-15,28-29H,16H2,1-5H3. The quantitative estimate of drug-likeness (QED) is 0.394. The van der Waals surface area contributed by atoms with Crippen LogP contribution in [0.1, 0.15) is 39.7 Å². The first kappa shape index (κ1) is 21.1. The number of rotatable bonds is 5. The van der Waals surface area contributed by atoms with Crippen LogP contribution in [0, 0.1) is 27.7 Å². The second kappa shape index (κ2) is 8.32. The SMILES string of the molecule is COc1cc(C2Nc3c(C)cc(C)cc3-c3cc(C)nn32)ccc1OCc1ccc(C)cc1. The van der Waals surface area contributed by atoms with Crippen LogP contribution in [-0.2, 0) is 6.61 Å². The third-order valence-corrected chi connectivity index (χ3v) is 6.16. The molecule has 0 saturated carbocycles. The Kier molecular flexibility index (Phi) is 5.33. The zero-order valence-electron chi connectivity index (χ0n) is 19.8. The number of nitrogens with zero attached hydrogens (tertiary/aromatic N) is 2. The molecule has 0 spiro atoms. The van der Waals surface area contributed by atoms with Gasteiger partial charge in [0.15, 0.2) is 11.5 Å². The molecule has 0 radical (unpaired) electrons. The Morgan fingerprint density at radius 1 is 0.879 bits per heavy atom. The molecule has 3 aromatic carbocycles. The zero-order chi connectivity index (χ0) is 23.1. The van der Waals surface area contributed by atoms with Crippen molar-refractivity contribution in [1.29, 1.82) is 0 Å². The maximum atomic E-state index is 6.09. The van der Waals surface area contributed by atoms with Crippen molar-refractivity contribution in [3.05, 3.63) is 94.2 Å². The average molecular weight is 440 g/mol. The molecular formula is C28H29N3O2. The molecule has 1 aliphatic heterocycles. The van der Waals surface area contributed by atoms with Crippen LogP contribution < -0.4 is 14.8 Å². The highest BCUT2D eigenvalue weighted by atomic mass is 16.5. The fraction of sp³-hybridized carbons (Fsp3) is 0.250. The normalized spacial score (nSPS) is 14.3. The first-order valence-corrected chi connectivity index (χ1v) is 11.2. The second-order valence-corrected chi connectivity index (χ2v) is 8.85. The van der Waals surface area contributed by atoms with Gasteiger partial charge in [0.1, 0.15) is 12.8 Å². The first-order chi connectivity index (χ1) is 15.9. The van der Waals surface area contributed by atoms with Gasteiger partial charge in [0, 0.05) is 16.8 Å². The van der Waals surface area contributed by atoms with Crippen LogP contribution in [0.5, 0.6) is 11.5 Å². The summed E-state index contributed by atoms with van der Waals surface area (Å²) in [6.07, 6.45) is -0.136. The number of anilines is 1. The fourth-order valence-electron chi connectivity index (χ4n) is 4.52. The lowest BCUT2D eigenvalue weighted by atomic mass is 9.98. The lowest BCUT2D eigenvalue weighted by Crippen LogP contribution is -2.26. The lowest BCUT2D eigenvalue weighted by Gasteiger charge is -2.31. The predicted octanol–water partition coefficient (Wildman–Crippen LogP) is 6.34. The van der Waals surface area contributed by atoms with Crippen molar-refractivity contribution in [2.24, 2.45) is 0 Å². The zero-order valence-corrected chi connectivity index (χ0v) is 19.8. The van der Waals surface area contributed by atoms with Gasteiger partial charge in [-0.2, -0.15) is 5.10 Å². The van der Waals surface area contributed by atoms with E-state index in [-0.39, 0.29) is 6.17 Å². The molecule has 5 nitrogen and oxygen atoms in total. The van der Waals surface area contributed by atoms with Crippen LogP contribution in [0.4, 0.5) is 5.69 Å². The molecule has 1 aromatic heterocycles. The average Bonchev–Trinajstić information content (AvgIpc) is 3.20. The van der Waals surface area contributed by atoms with E-state index >= 15 is 0 Å². The summed E-state index contributed by atoms with van der Waals surface area (Å²) < 4.78 is 13.9. The molecule has 2 heterocycles. The van der Waals surface area contributed by atoms with Gasteiger partial charge in [0.05, 0.1) is 18.5 Å². The van der Waals surface area contributed by atoms with Crippen LogP contribution in [0.25, 0.3) is 11.3 Å². The van der Waals surface area contributed by atoms with Crippen molar-refractivity contribution >= 4 is 5.69 Å². The second-order valence-electron chi connectivity index (χ2n) is 8.85. The molecular weight excluding hydrogens is 410 g/mol. The Balaban J connectivity index is 1.48. The minimum atomic E-state index is -0.136. The molecule has 1 unspecified atom stereocenters. The van der Waals surface area contributed by atoms with Gasteiger partial charge >= 0.3 is 0 Å². The third kappa shape index (κ3) is 3.95. The van der Waals surface area contributed by atoms with Gasteiger partial charge in [0.25, 0.3) is 0 Å². The van der Waals surface area contributed by atoms with Gasteiger partial charge in [-0.15, -0.1) is 0 Å². The highest BCUT2D eigenvalue weighted by molar-refractivity contribution is 5.82. The van der Waals surface area contributed by atoms with E-state index < -0.39 is 0 Å². The van der Waals surface area contributed by atoms with E-state index in [4.69, 9.17) is 14.6 Å². The Bertz CT molecular complexity index is 1320. The molecule has 0 saturated heterocycles. The summed E-state index contributed by atoms with van der Waals surface area (Å²) in [6.45, 7) is 8.89. The number of methoxy groups -OCH3 is 1. The number of hydrogen-bond donors (Lipinski definition) is 1. The molecule has 4 aromatic rings. The van der Waals surface area contributed by atoms with E-state index in [1.165, 1.54) is 22.3 Å². The maximum Gasteiger partial charge on any atom is 0.161 e. The molecule has 168 valence electrons. The third-order valence-electron chi connectivity index (χ3n) is 6.16. The molecule has 0 aliphatic carbocycles. The summed E-state index contributed by atoms with van der Waals surface area (Å²) in [5.74, 6) is 1.43. The van der Waals surface area contributed by atoms with Crippen LogP contribution in [-0.4, -0.2) is 16.9 Å². The smallest absolute Gasteiger partial charge is 0.161 e. The topological polar surface area (TPSA) is 48.3 Å². The summed E-state index contributed by atoms with van der Waals surface area (Å²) in [6, 6.07) is 21.1. The monoisotopic (exact) mass is 439 g/mol. The molecule has 1 aliphatic rings. The van der Waals surface area contributed by atoms with Crippen LogP contribution in [0.3, 0.4) is 0 Å². The van der Waals surface area contributed by atoms with Crippen molar-refractivity contribution in [2.45, 2.75) is 40.5 Å². The van der Waals surface area contributed by atoms with Crippen molar-refractivity contribution in [3.8, 4) is 22.8 Å². The first-order valence-electron chi connectivity index (χ1n) is 11.2. The van der Waals surface area contributed by atoms with Crippen molar-refractivity contribution in [2.75, 3.05) is 12.4 Å². The van der Waals surface area contributed by atoms with E-state index in [9.17, 15) is 0 Å². The lowest BCUT2D eigenvalue weighted by molar-refractivity contribution is 0.284. The highest BCUT2D eigenvalue weighted by Crippen LogP contribution is 2.42. The van der Waals surface area contributed by atoms with E-state index in [0.29, 0.717) is 12.4 Å². The largest absolute Gasteiger partial charge is 0.493 e. The fourth-order valence-corrected chi connectivity index (χ4v) is 4.52. The number of benzene rings is 3. The van der Waals surface area contributed by atoms with Gasteiger partial charge in [0.2, 0.25) is 0 Å². The van der Waals surface area contributed by atoms with Crippen LogP contribution in [0.2, 0.25) is 0 Å². The van der Waals surface area contributed by atoms with Crippen LogP contribution in [0.15, 0.2) is 60.7 Å². The summed E-state index contributed by atoms with van der Waals surface area (Å²) in [5.41, 5.74) is 10.3. The number of hydrogen-bond acceptors (Lipinski definition) is 4. The summed E-state index contributed by atoms with van der Waals surface area (Å²) in [5, 5.41) is 8.53. The van der Waals surface area contributed by atoms with Crippen molar-refractivity contribution in [3.63, 3.8) is 0 Å². The van der Waals surface area contributed by atoms with E-state index in [2.05, 4.69) is 79.3 Å². The Labute approximate surface area is 195 Å².